The standard InChI is InChI=1S/C12H17N3O3/c1-15(12(18)14-7-6-13)8-9-2-4-10(5-3-9)11(16)17/h2-5H,6-8,13H2,1H3,(H,14,18)(H,16,17). The van der Waals surface area contributed by atoms with Gasteiger partial charge in [-0.1, -0.05) is 12.1 Å². The molecule has 0 heterocycles. The lowest BCUT2D eigenvalue weighted by molar-refractivity contribution is 0.0697. The summed E-state index contributed by atoms with van der Waals surface area (Å²) in [6.07, 6.45) is 0. The normalized spacial score (nSPS) is 9.89. The molecule has 0 saturated heterocycles. The van der Waals surface area contributed by atoms with E-state index >= 15 is 0 Å². The number of nitrogens with one attached hydrogen (secondary N) is 1. The monoisotopic (exact) mass is 251 g/mol. The molecule has 98 valence electrons. The first-order chi connectivity index (χ1) is 8.54. The predicted octanol–water partition coefficient (Wildman–Crippen LogP) is 0.485. The van der Waals surface area contributed by atoms with Crippen molar-refractivity contribution in [3.63, 3.8) is 0 Å². The summed E-state index contributed by atoms with van der Waals surface area (Å²) in [5.74, 6) is -0.962. The van der Waals surface area contributed by atoms with Crippen LogP contribution in [0.3, 0.4) is 0 Å². The third-order valence-corrected chi connectivity index (χ3v) is 2.39. The van der Waals surface area contributed by atoms with E-state index in [1.165, 1.54) is 17.0 Å². The topological polar surface area (TPSA) is 95.7 Å². The van der Waals surface area contributed by atoms with Gasteiger partial charge in [0.2, 0.25) is 0 Å². The van der Waals surface area contributed by atoms with Crippen molar-refractivity contribution < 1.29 is 14.7 Å². The highest BCUT2D eigenvalue weighted by atomic mass is 16.4. The first kappa shape index (κ1) is 14.0. The number of hydrogen-bond donors (Lipinski definition) is 3. The van der Waals surface area contributed by atoms with Crippen molar-refractivity contribution in [1.82, 2.24) is 10.2 Å². The van der Waals surface area contributed by atoms with E-state index in [0.717, 1.165) is 5.56 Å². The summed E-state index contributed by atoms with van der Waals surface area (Å²) in [4.78, 5) is 23.7. The second-order valence-corrected chi connectivity index (χ2v) is 3.88. The van der Waals surface area contributed by atoms with Crippen molar-refractivity contribution in [2.45, 2.75) is 6.54 Å². The van der Waals surface area contributed by atoms with Crippen molar-refractivity contribution in [3.8, 4) is 0 Å². The molecule has 0 fully saturated rings. The third kappa shape index (κ3) is 4.06. The molecule has 6 nitrogen and oxygen atoms in total. The van der Waals surface area contributed by atoms with Crippen LogP contribution in [0.5, 0.6) is 0 Å². The van der Waals surface area contributed by atoms with Gasteiger partial charge < -0.3 is 21.1 Å². The second kappa shape index (κ2) is 6.61. The first-order valence-electron chi connectivity index (χ1n) is 5.56. The maximum atomic E-state index is 11.5. The zero-order valence-electron chi connectivity index (χ0n) is 10.2. The fourth-order valence-corrected chi connectivity index (χ4v) is 1.41. The molecule has 1 rings (SSSR count). The molecule has 18 heavy (non-hydrogen) atoms. The van der Waals surface area contributed by atoms with Crippen LogP contribution in [0, 0.1) is 0 Å². The van der Waals surface area contributed by atoms with Crippen LogP contribution < -0.4 is 11.1 Å². The van der Waals surface area contributed by atoms with Crippen molar-refractivity contribution >= 4 is 12.0 Å². The number of carbonyl (C=O) groups is 2. The minimum Gasteiger partial charge on any atom is -0.478 e. The van der Waals surface area contributed by atoms with Crippen LogP contribution in [0.25, 0.3) is 0 Å². The van der Waals surface area contributed by atoms with E-state index in [-0.39, 0.29) is 11.6 Å². The highest BCUT2D eigenvalue weighted by Gasteiger charge is 2.08. The fourth-order valence-electron chi connectivity index (χ4n) is 1.41. The molecule has 1 aromatic carbocycles. The molecule has 0 aromatic heterocycles. The molecule has 0 spiro atoms. The Kier molecular flexibility index (Phi) is 5.13. The smallest absolute Gasteiger partial charge is 0.335 e. The van der Waals surface area contributed by atoms with Gasteiger partial charge in [0.15, 0.2) is 0 Å². The molecule has 0 aliphatic carbocycles. The number of carbonyl (C=O) groups excluding carboxylic acids is 1. The number of carboxylic acids is 1. The molecule has 0 saturated carbocycles. The van der Waals surface area contributed by atoms with Crippen LogP contribution >= 0.6 is 0 Å². The predicted molar refractivity (Wildman–Crippen MR) is 67.3 cm³/mol. The van der Waals surface area contributed by atoms with Gasteiger partial charge in [0.05, 0.1) is 5.56 Å². The van der Waals surface area contributed by atoms with Crippen molar-refractivity contribution in [2.75, 3.05) is 20.1 Å². The van der Waals surface area contributed by atoms with Crippen LogP contribution in [-0.4, -0.2) is 42.1 Å². The van der Waals surface area contributed by atoms with Crippen LogP contribution in [0.15, 0.2) is 24.3 Å². The van der Waals surface area contributed by atoms with Crippen LogP contribution in [0.2, 0.25) is 0 Å². The molecule has 0 unspecified atom stereocenters. The molecular weight excluding hydrogens is 234 g/mol. The second-order valence-electron chi connectivity index (χ2n) is 3.88. The molecule has 0 aliphatic rings. The average molecular weight is 251 g/mol. The SMILES string of the molecule is CN(Cc1ccc(C(=O)O)cc1)C(=O)NCCN. The Hall–Kier alpha value is -2.08. The number of rotatable bonds is 5. The van der Waals surface area contributed by atoms with Crippen LogP contribution in [0.1, 0.15) is 15.9 Å². The maximum absolute atomic E-state index is 11.5. The summed E-state index contributed by atoms with van der Waals surface area (Å²) in [5.41, 5.74) is 6.38. The maximum Gasteiger partial charge on any atom is 0.335 e. The van der Waals surface area contributed by atoms with Crippen LogP contribution in [-0.2, 0) is 6.54 Å². The molecule has 0 radical (unpaired) electrons. The van der Waals surface area contributed by atoms with Gasteiger partial charge in [0.1, 0.15) is 0 Å². The van der Waals surface area contributed by atoms with E-state index in [0.29, 0.717) is 19.6 Å². The third-order valence-electron chi connectivity index (χ3n) is 2.39. The minimum atomic E-state index is -0.962. The Labute approximate surface area is 105 Å². The largest absolute Gasteiger partial charge is 0.478 e. The van der Waals surface area contributed by atoms with E-state index in [2.05, 4.69) is 5.32 Å². The number of urea groups is 1. The number of aromatic carboxylic acids is 1. The van der Waals surface area contributed by atoms with Gasteiger partial charge in [-0.25, -0.2) is 9.59 Å². The Morgan fingerprint density at radius 2 is 1.94 bits per heavy atom. The summed E-state index contributed by atoms with van der Waals surface area (Å²) in [5, 5.41) is 11.4. The van der Waals surface area contributed by atoms with Crippen molar-refractivity contribution in [1.29, 1.82) is 0 Å². The lowest BCUT2D eigenvalue weighted by Crippen LogP contribution is -2.39. The Morgan fingerprint density at radius 1 is 1.33 bits per heavy atom. The number of nitrogens with zero attached hydrogens (tertiary/aromatic N) is 1. The lowest BCUT2D eigenvalue weighted by Gasteiger charge is -2.17. The summed E-state index contributed by atoms with van der Waals surface area (Å²) >= 11 is 0. The zero-order chi connectivity index (χ0) is 13.5. The van der Waals surface area contributed by atoms with Gasteiger partial charge in [0.25, 0.3) is 0 Å². The van der Waals surface area contributed by atoms with E-state index < -0.39 is 5.97 Å². The molecular formula is C12H17N3O3. The van der Waals surface area contributed by atoms with E-state index in [4.69, 9.17) is 10.8 Å². The van der Waals surface area contributed by atoms with Gasteiger partial charge in [-0.15, -0.1) is 0 Å². The highest BCUT2D eigenvalue weighted by Crippen LogP contribution is 2.06. The van der Waals surface area contributed by atoms with Crippen molar-refractivity contribution in [2.24, 2.45) is 5.73 Å². The quantitative estimate of drug-likeness (QED) is 0.709. The molecule has 0 atom stereocenters. The van der Waals surface area contributed by atoms with Crippen LogP contribution in [0.4, 0.5) is 4.79 Å². The van der Waals surface area contributed by atoms with E-state index in [9.17, 15) is 9.59 Å². The number of hydrogen-bond acceptors (Lipinski definition) is 3. The van der Waals surface area contributed by atoms with Gasteiger partial charge in [0, 0.05) is 26.7 Å². The van der Waals surface area contributed by atoms with E-state index in [1.807, 2.05) is 0 Å². The Morgan fingerprint density at radius 3 is 2.44 bits per heavy atom. The number of carboxylic acid groups (broad SMARTS) is 1. The Bertz CT molecular complexity index is 417. The Balaban J connectivity index is 2.56. The molecule has 1 aromatic rings. The highest BCUT2D eigenvalue weighted by molar-refractivity contribution is 5.87. The minimum absolute atomic E-state index is 0.206. The fraction of sp³-hybridized carbons (Fsp3) is 0.333. The first-order valence-corrected chi connectivity index (χ1v) is 5.56. The molecule has 0 bridgehead atoms. The summed E-state index contributed by atoms with van der Waals surface area (Å²) in [6.45, 7) is 1.24. The van der Waals surface area contributed by atoms with Gasteiger partial charge in [-0.2, -0.15) is 0 Å². The number of benzene rings is 1. The summed E-state index contributed by atoms with van der Waals surface area (Å²) in [7, 11) is 1.66. The average Bonchev–Trinajstić information content (AvgIpc) is 2.36. The number of amides is 2. The summed E-state index contributed by atoms with van der Waals surface area (Å²) in [6, 6.07) is 6.21. The summed E-state index contributed by atoms with van der Waals surface area (Å²) < 4.78 is 0. The van der Waals surface area contributed by atoms with Gasteiger partial charge in [-0.3, -0.25) is 0 Å². The molecule has 0 aliphatic heterocycles. The van der Waals surface area contributed by atoms with Gasteiger partial charge >= 0.3 is 12.0 Å². The zero-order valence-corrected chi connectivity index (χ0v) is 10.2. The molecule has 2 amide bonds. The number of nitrogens with two attached hydrogens (primary N) is 1. The molecule has 4 N–H and O–H groups in total. The molecule has 6 heteroatoms. The lowest BCUT2D eigenvalue weighted by atomic mass is 10.1. The van der Waals surface area contributed by atoms with Gasteiger partial charge in [-0.05, 0) is 17.7 Å². The van der Waals surface area contributed by atoms with Crippen molar-refractivity contribution in [3.05, 3.63) is 35.4 Å². The van der Waals surface area contributed by atoms with E-state index in [1.54, 1.807) is 19.2 Å².